The van der Waals surface area contributed by atoms with Crippen molar-refractivity contribution in [3.63, 3.8) is 0 Å². The van der Waals surface area contributed by atoms with Crippen LogP contribution in [0.4, 0.5) is 0 Å². The van der Waals surface area contributed by atoms with Crippen LogP contribution in [0, 0.1) is 18.8 Å². The molecule has 3 atom stereocenters. The van der Waals surface area contributed by atoms with E-state index in [2.05, 4.69) is 25.9 Å². The van der Waals surface area contributed by atoms with Gasteiger partial charge in [-0.1, -0.05) is 24.3 Å². The summed E-state index contributed by atoms with van der Waals surface area (Å²) in [5.74, 6) is -1.62. The molecule has 0 unspecified atom stereocenters. The molecular formula is C29H29N5O4S. The second kappa shape index (κ2) is 10.3. The first-order chi connectivity index (χ1) is 18.9. The highest BCUT2D eigenvalue weighted by Crippen LogP contribution is 2.33. The van der Waals surface area contributed by atoms with E-state index >= 15 is 0 Å². The van der Waals surface area contributed by atoms with Crippen molar-refractivity contribution in [2.24, 2.45) is 11.8 Å². The largest absolute Gasteiger partial charge is 0.356 e. The molecular weight excluding hydrogens is 514 g/mol. The molecule has 0 radical (unpaired) electrons. The number of benzene rings is 2. The highest BCUT2D eigenvalue weighted by Gasteiger charge is 2.40. The van der Waals surface area contributed by atoms with Gasteiger partial charge in [-0.05, 0) is 68.4 Å². The summed E-state index contributed by atoms with van der Waals surface area (Å²) in [5.41, 5.74) is 2.99. The molecule has 9 nitrogen and oxygen atoms in total. The van der Waals surface area contributed by atoms with Crippen LogP contribution in [0.5, 0.6) is 0 Å². The van der Waals surface area contributed by atoms with E-state index in [0.717, 1.165) is 34.0 Å². The summed E-state index contributed by atoms with van der Waals surface area (Å²) in [6.07, 6.45) is 2.40. The molecule has 1 saturated heterocycles. The molecule has 1 aliphatic heterocycles. The van der Waals surface area contributed by atoms with E-state index in [4.69, 9.17) is 0 Å². The smallest absolute Gasteiger partial charge is 0.268 e. The maximum Gasteiger partial charge on any atom is 0.268 e. The molecule has 1 aliphatic carbocycles. The minimum absolute atomic E-state index is 0.00644. The molecule has 4 N–H and O–H groups in total. The molecule has 10 heteroatoms. The van der Waals surface area contributed by atoms with Crippen molar-refractivity contribution in [2.75, 3.05) is 6.54 Å². The average Bonchev–Trinajstić information content (AvgIpc) is 3.31. The van der Waals surface area contributed by atoms with E-state index in [1.807, 2.05) is 49.4 Å². The Bertz CT molecular complexity index is 1570. The van der Waals surface area contributed by atoms with Crippen molar-refractivity contribution >= 4 is 56.0 Å². The van der Waals surface area contributed by atoms with Gasteiger partial charge in [0.05, 0.1) is 16.3 Å². The van der Waals surface area contributed by atoms with Crippen LogP contribution in [-0.4, -0.2) is 52.1 Å². The monoisotopic (exact) mass is 543 g/mol. The molecule has 0 bridgehead atoms. The van der Waals surface area contributed by atoms with Crippen molar-refractivity contribution < 1.29 is 19.2 Å². The van der Waals surface area contributed by atoms with Crippen molar-refractivity contribution in [1.82, 2.24) is 25.9 Å². The SMILES string of the molecule is Cc1cccc2[nH]c(C(=O)N[C@H](C(=O)N[C@@H](C[C@@H]3CCNC3=O)C(=O)c3nc4ccccc4s3)C3CC3)cc12. The molecule has 2 fully saturated rings. The van der Waals surface area contributed by atoms with E-state index in [0.29, 0.717) is 29.2 Å². The summed E-state index contributed by atoms with van der Waals surface area (Å²) in [5, 5.41) is 9.84. The van der Waals surface area contributed by atoms with Crippen LogP contribution < -0.4 is 16.0 Å². The lowest BCUT2D eigenvalue weighted by molar-refractivity contribution is -0.125. The Morgan fingerprint density at radius 2 is 1.90 bits per heavy atom. The summed E-state index contributed by atoms with van der Waals surface area (Å²) in [7, 11) is 0. The fourth-order valence-electron chi connectivity index (χ4n) is 5.25. The normalized spacial score (nSPS) is 18.6. The molecule has 0 spiro atoms. The van der Waals surface area contributed by atoms with Gasteiger partial charge in [-0.2, -0.15) is 0 Å². The summed E-state index contributed by atoms with van der Waals surface area (Å²) in [6, 6.07) is 13.4. The number of ketones is 1. The maximum atomic E-state index is 13.6. The number of para-hydroxylation sites is 1. The van der Waals surface area contributed by atoms with Crippen molar-refractivity contribution in [3.05, 3.63) is 64.8 Å². The Morgan fingerprint density at radius 1 is 1.08 bits per heavy atom. The predicted molar refractivity (Wildman–Crippen MR) is 149 cm³/mol. The number of amides is 3. The number of rotatable bonds is 9. The lowest BCUT2D eigenvalue weighted by Crippen LogP contribution is -2.53. The third-order valence-corrected chi connectivity index (χ3v) is 8.66. The fraction of sp³-hybridized carbons (Fsp3) is 0.345. The summed E-state index contributed by atoms with van der Waals surface area (Å²) >= 11 is 1.27. The lowest BCUT2D eigenvalue weighted by atomic mass is 9.95. The molecule has 3 heterocycles. The molecule has 3 amide bonds. The van der Waals surface area contributed by atoms with Gasteiger partial charge in [0.1, 0.15) is 11.7 Å². The predicted octanol–water partition coefficient (Wildman–Crippen LogP) is 3.49. The van der Waals surface area contributed by atoms with Crippen LogP contribution in [0.25, 0.3) is 21.1 Å². The zero-order valence-corrected chi connectivity index (χ0v) is 22.3. The topological polar surface area (TPSA) is 133 Å². The van der Waals surface area contributed by atoms with Gasteiger partial charge < -0.3 is 20.9 Å². The van der Waals surface area contributed by atoms with Crippen molar-refractivity contribution in [1.29, 1.82) is 0 Å². The minimum atomic E-state index is -0.930. The third-order valence-electron chi connectivity index (χ3n) is 7.61. The zero-order chi connectivity index (χ0) is 27.1. The second-order valence-electron chi connectivity index (χ2n) is 10.4. The standard InChI is InChI=1S/C29H29N5O4S/c1-15-5-4-7-19-18(15)14-22(31-19)27(37)34-24(16-9-10-16)28(38)32-21(13-17-11-12-30-26(17)36)25(35)29-33-20-6-2-3-8-23(20)39-29/h2-8,14,16-17,21,24,31H,9-13H2,1H3,(H,30,36)(H,32,38)(H,34,37)/t17-,21-,24-/m0/s1. The zero-order valence-electron chi connectivity index (χ0n) is 21.5. The van der Waals surface area contributed by atoms with Crippen LogP contribution in [0.3, 0.4) is 0 Å². The Morgan fingerprint density at radius 3 is 2.62 bits per heavy atom. The molecule has 6 rings (SSSR count). The van der Waals surface area contributed by atoms with E-state index in [-0.39, 0.29) is 35.9 Å². The van der Waals surface area contributed by atoms with Gasteiger partial charge in [0.25, 0.3) is 5.91 Å². The number of nitrogens with zero attached hydrogens (tertiary/aromatic N) is 1. The average molecular weight is 544 g/mol. The maximum absolute atomic E-state index is 13.6. The van der Waals surface area contributed by atoms with Crippen LogP contribution in [-0.2, 0) is 9.59 Å². The Balaban J connectivity index is 1.23. The van der Waals surface area contributed by atoms with Gasteiger partial charge in [0.2, 0.25) is 17.6 Å². The van der Waals surface area contributed by atoms with Crippen molar-refractivity contribution in [3.8, 4) is 0 Å². The van der Waals surface area contributed by atoms with E-state index < -0.39 is 18.0 Å². The number of hydrogen-bond donors (Lipinski definition) is 4. The van der Waals surface area contributed by atoms with Gasteiger partial charge in [-0.15, -0.1) is 11.3 Å². The number of thiazole rings is 1. The van der Waals surface area contributed by atoms with E-state index in [9.17, 15) is 19.2 Å². The number of aryl methyl sites for hydroxylation is 1. The van der Waals surface area contributed by atoms with Gasteiger partial charge in [-0.3, -0.25) is 19.2 Å². The summed E-state index contributed by atoms with van der Waals surface area (Å²) in [4.78, 5) is 60.4. The minimum Gasteiger partial charge on any atom is -0.356 e. The van der Waals surface area contributed by atoms with Crippen LogP contribution >= 0.6 is 11.3 Å². The number of fused-ring (bicyclic) bond motifs is 2. The molecule has 2 aromatic heterocycles. The quantitative estimate of drug-likeness (QED) is 0.240. The third kappa shape index (κ3) is 5.16. The van der Waals surface area contributed by atoms with Gasteiger partial charge in [-0.25, -0.2) is 4.98 Å². The Labute approximate surface area is 228 Å². The number of H-pyrrole nitrogens is 1. The number of aromatic nitrogens is 2. The molecule has 200 valence electrons. The fourth-order valence-corrected chi connectivity index (χ4v) is 6.21. The highest BCUT2D eigenvalue weighted by molar-refractivity contribution is 7.20. The van der Waals surface area contributed by atoms with E-state index in [1.54, 1.807) is 6.07 Å². The Hall–Kier alpha value is -4.05. The van der Waals surface area contributed by atoms with Crippen LogP contribution in [0.1, 0.15) is 51.5 Å². The summed E-state index contributed by atoms with van der Waals surface area (Å²) in [6.45, 7) is 2.52. The number of Topliss-reactive ketones (excluding diaryl/α,β-unsaturated/α-hetero) is 1. The van der Waals surface area contributed by atoms with Gasteiger partial charge in [0.15, 0.2) is 5.01 Å². The van der Waals surface area contributed by atoms with E-state index in [1.165, 1.54) is 11.3 Å². The second-order valence-corrected chi connectivity index (χ2v) is 11.5. The van der Waals surface area contributed by atoms with Crippen LogP contribution in [0.2, 0.25) is 0 Å². The lowest BCUT2D eigenvalue weighted by Gasteiger charge is -2.23. The molecule has 1 saturated carbocycles. The first-order valence-electron chi connectivity index (χ1n) is 13.2. The number of hydrogen-bond acceptors (Lipinski definition) is 6. The Kier molecular flexibility index (Phi) is 6.64. The highest BCUT2D eigenvalue weighted by atomic mass is 32.1. The van der Waals surface area contributed by atoms with Gasteiger partial charge >= 0.3 is 0 Å². The van der Waals surface area contributed by atoms with Crippen molar-refractivity contribution in [2.45, 2.75) is 44.7 Å². The number of aromatic amines is 1. The number of nitrogens with one attached hydrogen (secondary N) is 4. The molecule has 4 aromatic rings. The molecule has 2 aliphatic rings. The first-order valence-corrected chi connectivity index (χ1v) is 14.1. The molecule has 2 aromatic carbocycles. The first kappa shape index (κ1) is 25.2. The van der Waals surface area contributed by atoms with Gasteiger partial charge in [0, 0.05) is 23.4 Å². The number of carbonyl (C=O) groups excluding carboxylic acids is 4. The molecule has 39 heavy (non-hydrogen) atoms. The van der Waals surface area contributed by atoms with Crippen LogP contribution in [0.15, 0.2) is 48.5 Å². The number of carbonyl (C=O) groups is 4. The summed E-state index contributed by atoms with van der Waals surface area (Å²) < 4.78 is 0.876.